The van der Waals surface area contributed by atoms with Crippen LogP contribution in [0, 0.1) is 23.0 Å². The molecule has 5 heteroatoms. The van der Waals surface area contributed by atoms with Crippen molar-refractivity contribution in [3.8, 4) is 17.3 Å². The van der Waals surface area contributed by atoms with Crippen molar-refractivity contribution in [2.24, 2.45) is 0 Å². The number of rotatable bonds is 2. The molecule has 1 saturated carbocycles. The number of fused-ring (bicyclic) bond motifs is 1. The Labute approximate surface area is 137 Å². The van der Waals surface area contributed by atoms with Crippen LogP contribution in [0.5, 0.6) is 0 Å². The molecule has 4 rings (SSSR count). The molecule has 0 aliphatic heterocycles. The number of nitrogens with two attached hydrogens (primary N) is 1. The minimum Gasteiger partial charge on any atom is -0.399 e. The zero-order valence-corrected chi connectivity index (χ0v) is 12.9. The fraction of sp³-hybridized carbons (Fsp3) is 0.211. The molecule has 3 nitrogen and oxygen atoms in total. The molecular weight excluding hydrogens is 308 g/mol. The minimum absolute atomic E-state index is 0.168. The van der Waals surface area contributed by atoms with Gasteiger partial charge in [-0.3, -0.25) is 0 Å². The first-order valence-electron chi connectivity index (χ1n) is 7.89. The smallest absolute Gasteiger partial charge is 0.168 e. The van der Waals surface area contributed by atoms with E-state index >= 15 is 0 Å². The average Bonchev–Trinajstić information content (AvgIpc) is 2.86. The molecule has 24 heavy (non-hydrogen) atoms. The second kappa shape index (κ2) is 5.34. The highest BCUT2D eigenvalue weighted by molar-refractivity contribution is 5.89. The first-order valence-corrected chi connectivity index (χ1v) is 7.89. The van der Waals surface area contributed by atoms with E-state index in [0.717, 1.165) is 30.5 Å². The van der Waals surface area contributed by atoms with Crippen LogP contribution in [0.1, 0.15) is 30.9 Å². The Bertz CT molecular complexity index is 977. The number of hydrogen-bond acceptors (Lipinski definition) is 2. The van der Waals surface area contributed by atoms with Gasteiger partial charge < -0.3 is 10.3 Å². The molecule has 1 aliphatic carbocycles. The SMILES string of the molecule is N#Cc1c(F)cc2cc(-c3ccc(N)cc3)n(C3CCC3)c2c1F. The monoisotopic (exact) mass is 323 g/mol. The van der Waals surface area contributed by atoms with Crippen molar-refractivity contribution in [1.29, 1.82) is 5.26 Å². The predicted octanol–water partition coefficient (Wildman–Crippen LogP) is 4.77. The van der Waals surface area contributed by atoms with E-state index in [4.69, 9.17) is 11.0 Å². The summed E-state index contributed by atoms with van der Waals surface area (Å²) in [6.07, 6.45) is 2.98. The van der Waals surface area contributed by atoms with Crippen LogP contribution >= 0.6 is 0 Å². The standard InChI is InChI=1S/C19H15F2N3/c20-16-8-12-9-17(11-4-6-13(23)7-5-11)24(14-2-1-3-14)19(12)18(21)15(16)10-22/h4-9,14H,1-3,23H2. The van der Waals surface area contributed by atoms with E-state index in [9.17, 15) is 8.78 Å². The molecule has 0 spiro atoms. The highest BCUT2D eigenvalue weighted by Crippen LogP contribution is 2.41. The Hall–Kier alpha value is -2.87. The van der Waals surface area contributed by atoms with E-state index in [1.54, 1.807) is 24.3 Å². The van der Waals surface area contributed by atoms with Gasteiger partial charge in [-0.25, -0.2) is 8.78 Å². The maximum Gasteiger partial charge on any atom is 0.168 e. The van der Waals surface area contributed by atoms with Gasteiger partial charge in [0.2, 0.25) is 0 Å². The Morgan fingerprint density at radius 1 is 1.12 bits per heavy atom. The molecule has 0 unspecified atom stereocenters. The molecular formula is C19H15F2N3. The van der Waals surface area contributed by atoms with Gasteiger partial charge in [-0.2, -0.15) is 5.26 Å². The average molecular weight is 323 g/mol. The summed E-state index contributed by atoms with van der Waals surface area (Å²) in [6.45, 7) is 0. The lowest BCUT2D eigenvalue weighted by molar-refractivity contribution is 0.322. The number of aromatic nitrogens is 1. The summed E-state index contributed by atoms with van der Waals surface area (Å²) < 4.78 is 30.7. The number of nitrogen functional groups attached to an aromatic ring is 1. The third-order valence-corrected chi connectivity index (χ3v) is 4.77. The summed E-state index contributed by atoms with van der Waals surface area (Å²) in [7, 11) is 0. The third-order valence-electron chi connectivity index (χ3n) is 4.77. The summed E-state index contributed by atoms with van der Waals surface area (Å²) in [5.74, 6) is -1.60. The molecule has 1 heterocycles. The van der Waals surface area contributed by atoms with Crippen molar-refractivity contribution in [2.75, 3.05) is 5.73 Å². The Morgan fingerprint density at radius 3 is 2.42 bits per heavy atom. The van der Waals surface area contributed by atoms with Crippen LogP contribution in [0.3, 0.4) is 0 Å². The zero-order valence-electron chi connectivity index (χ0n) is 12.9. The van der Waals surface area contributed by atoms with Crippen molar-refractivity contribution >= 4 is 16.6 Å². The largest absolute Gasteiger partial charge is 0.399 e. The number of benzene rings is 2. The van der Waals surface area contributed by atoms with Crippen molar-refractivity contribution < 1.29 is 8.78 Å². The zero-order chi connectivity index (χ0) is 16.8. The number of anilines is 1. The Kier molecular flexibility index (Phi) is 3.27. The first-order chi connectivity index (χ1) is 11.6. The summed E-state index contributed by atoms with van der Waals surface area (Å²) in [5.41, 5.74) is 7.89. The normalized spacial score (nSPS) is 14.5. The molecule has 120 valence electrons. The van der Waals surface area contributed by atoms with Crippen LogP contribution in [-0.2, 0) is 0 Å². The van der Waals surface area contributed by atoms with Crippen molar-refractivity contribution in [3.05, 3.63) is 53.6 Å². The fourth-order valence-electron chi connectivity index (χ4n) is 3.32. The number of nitrogens with zero attached hydrogens (tertiary/aromatic N) is 2. The van der Waals surface area contributed by atoms with Crippen LogP contribution in [0.15, 0.2) is 36.4 Å². The summed E-state index contributed by atoms with van der Waals surface area (Å²) in [4.78, 5) is 0. The van der Waals surface area contributed by atoms with E-state index in [1.807, 2.05) is 16.7 Å². The van der Waals surface area contributed by atoms with E-state index in [1.165, 1.54) is 6.07 Å². The second-order valence-electron chi connectivity index (χ2n) is 6.20. The number of nitriles is 1. The molecule has 1 fully saturated rings. The molecule has 0 radical (unpaired) electrons. The second-order valence-corrected chi connectivity index (χ2v) is 6.20. The fourth-order valence-corrected chi connectivity index (χ4v) is 3.32. The first kappa shape index (κ1) is 14.7. The van der Waals surface area contributed by atoms with Gasteiger partial charge in [0.15, 0.2) is 5.82 Å². The van der Waals surface area contributed by atoms with E-state index in [0.29, 0.717) is 16.6 Å². The number of halogens is 2. The van der Waals surface area contributed by atoms with Gasteiger partial charge in [-0.15, -0.1) is 0 Å². The lowest BCUT2D eigenvalue weighted by atomic mass is 9.92. The maximum absolute atomic E-state index is 14.8. The van der Waals surface area contributed by atoms with E-state index < -0.39 is 17.2 Å². The van der Waals surface area contributed by atoms with Crippen LogP contribution < -0.4 is 5.73 Å². The Morgan fingerprint density at radius 2 is 1.83 bits per heavy atom. The van der Waals surface area contributed by atoms with Crippen LogP contribution in [0.2, 0.25) is 0 Å². The van der Waals surface area contributed by atoms with Gasteiger partial charge in [0.25, 0.3) is 0 Å². The Balaban J connectivity index is 2.05. The van der Waals surface area contributed by atoms with E-state index in [2.05, 4.69) is 0 Å². The predicted molar refractivity (Wildman–Crippen MR) is 89.3 cm³/mol. The van der Waals surface area contributed by atoms with E-state index in [-0.39, 0.29) is 6.04 Å². The minimum atomic E-state index is -0.822. The molecule has 0 saturated heterocycles. The molecule has 3 aromatic rings. The topological polar surface area (TPSA) is 54.7 Å². The highest BCUT2D eigenvalue weighted by atomic mass is 19.1. The van der Waals surface area contributed by atoms with Crippen LogP contribution in [0.4, 0.5) is 14.5 Å². The number of hydrogen-bond donors (Lipinski definition) is 1. The lowest BCUT2D eigenvalue weighted by Gasteiger charge is -2.30. The van der Waals surface area contributed by atoms with Crippen molar-refractivity contribution in [3.63, 3.8) is 0 Å². The van der Waals surface area contributed by atoms with Gasteiger partial charge in [-0.1, -0.05) is 12.1 Å². The van der Waals surface area contributed by atoms with Gasteiger partial charge in [0, 0.05) is 22.8 Å². The molecule has 0 amide bonds. The highest BCUT2D eigenvalue weighted by Gasteiger charge is 2.27. The van der Waals surface area contributed by atoms with Gasteiger partial charge >= 0.3 is 0 Å². The summed E-state index contributed by atoms with van der Waals surface area (Å²) in [6, 6.07) is 12.2. The maximum atomic E-state index is 14.8. The third kappa shape index (κ3) is 2.07. The molecule has 2 N–H and O–H groups in total. The summed E-state index contributed by atoms with van der Waals surface area (Å²) in [5, 5.41) is 9.54. The summed E-state index contributed by atoms with van der Waals surface area (Å²) >= 11 is 0. The van der Waals surface area contributed by atoms with Gasteiger partial charge in [-0.05, 0) is 49.1 Å². The van der Waals surface area contributed by atoms with Gasteiger partial charge in [0.1, 0.15) is 17.4 Å². The molecule has 0 atom stereocenters. The van der Waals surface area contributed by atoms with Crippen LogP contribution in [0.25, 0.3) is 22.2 Å². The molecule has 1 aliphatic rings. The van der Waals surface area contributed by atoms with Crippen molar-refractivity contribution in [1.82, 2.24) is 4.57 Å². The molecule has 1 aromatic heterocycles. The quantitative estimate of drug-likeness (QED) is 0.691. The molecule has 0 bridgehead atoms. The lowest BCUT2D eigenvalue weighted by Crippen LogP contribution is -2.18. The van der Waals surface area contributed by atoms with Crippen molar-refractivity contribution in [2.45, 2.75) is 25.3 Å². The van der Waals surface area contributed by atoms with Crippen LogP contribution in [-0.4, -0.2) is 4.57 Å². The van der Waals surface area contributed by atoms with Gasteiger partial charge in [0.05, 0.1) is 5.52 Å². The molecule has 2 aromatic carbocycles.